The predicted molar refractivity (Wildman–Crippen MR) is 82.9 cm³/mol. The summed E-state index contributed by atoms with van der Waals surface area (Å²) in [6, 6.07) is 7.09. The van der Waals surface area contributed by atoms with Crippen LogP contribution in [0.25, 0.3) is 0 Å². The van der Waals surface area contributed by atoms with Crippen molar-refractivity contribution in [3.8, 4) is 0 Å². The van der Waals surface area contributed by atoms with Crippen molar-refractivity contribution in [1.29, 1.82) is 0 Å². The van der Waals surface area contributed by atoms with Crippen LogP contribution in [0, 0.1) is 0 Å². The third kappa shape index (κ3) is 4.51. The SMILES string of the molecule is CC(C)(C)c1ccc(S(=O)(=O)NCC2COCCN2)cc1. The van der Waals surface area contributed by atoms with E-state index in [1.807, 2.05) is 12.1 Å². The van der Waals surface area contributed by atoms with Gasteiger partial charge in [0.05, 0.1) is 18.1 Å². The average Bonchev–Trinajstić information content (AvgIpc) is 2.46. The van der Waals surface area contributed by atoms with E-state index in [4.69, 9.17) is 4.74 Å². The normalized spacial score (nSPS) is 20.4. The molecule has 1 atom stereocenters. The smallest absolute Gasteiger partial charge is 0.240 e. The van der Waals surface area contributed by atoms with E-state index in [1.54, 1.807) is 12.1 Å². The molecule has 5 nitrogen and oxygen atoms in total. The maximum absolute atomic E-state index is 12.3. The lowest BCUT2D eigenvalue weighted by Gasteiger charge is -2.24. The first kappa shape index (κ1) is 16.4. The number of rotatable bonds is 4. The van der Waals surface area contributed by atoms with Crippen molar-refractivity contribution in [2.24, 2.45) is 0 Å². The van der Waals surface area contributed by atoms with E-state index in [0.717, 1.165) is 12.1 Å². The van der Waals surface area contributed by atoms with Gasteiger partial charge in [-0.25, -0.2) is 13.1 Å². The first-order valence-corrected chi connectivity index (χ1v) is 8.69. The molecule has 0 amide bonds. The zero-order valence-electron chi connectivity index (χ0n) is 12.8. The standard InChI is InChI=1S/C15H24N2O3S/c1-15(2,3)12-4-6-14(7-5-12)21(18,19)17-10-13-11-20-9-8-16-13/h4-7,13,16-17H,8-11H2,1-3H3. The van der Waals surface area contributed by atoms with E-state index in [2.05, 4.69) is 30.8 Å². The van der Waals surface area contributed by atoms with Crippen LogP contribution in [0.1, 0.15) is 26.3 Å². The summed E-state index contributed by atoms with van der Waals surface area (Å²) >= 11 is 0. The topological polar surface area (TPSA) is 67.4 Å². The van der Waals surface area contributed by atoms with E-state index in [0.29, 0.717) is 24.7 Å². The van der Waals surface area contributed by atoms with E-state index in [9.17, 15) is 8.42 Å². The minimum atomic E-state index is -3.47. The minimum Gasteiger partial charge on any atom is -0.378 e. The Hall–Kier alpha value is -0.950. The first-order chi connectivity index (χ1) is 9.79. The second-order valence-electron chi connectivity index (χ2n) is 6.35. The van der Waals surface area contributed by atoms with Gasteiger partial charge in [-0.1, -0.05) is 32.9 Å². The molecular formula is C15H24N2O3S. The Labute approximate surface area is 127 Å². The highest BCUT2D eigenvalue weighted by Crippen LogP contribution is 2.23. The fraction of sp³-hybridized carbons (Fsp3) is 0.600. The number of nitrogens with one attached hydrogen (secondary N) is 2. The molecule has 1 aliphatic heterocycles. The summed E-state index contributed by atoms with van der Waals surface area (Å²) in [5, 5.41) is 3.22. The molecule has 6 heteroatoms. The number of hydrogen-bond donors (Lipinski definition) is 2. The van der Waals surface area contributed by atoms with E-state index in [1.165, 1.54) is 0 Å². The molecule has 0 aromatic heterocycles. The molecule has 0 aliphatic carbocycles. The van der Waals surface area contributed by atoms with Crippen molar-refractivity contribution >= 4 is 10.0 Å². The molecule has 1 unspecified atom stereocenters. The maximum atomic E-state index is 12.3. The highest BCUT2D eigenvalue weighted by Gasteiger charge is 2.20. The minimum absolute atomic E-state index is 0.0130. The van der Waals surface area contributed by atoms with Crippen molar-refractivity contribution in [3.63, 3.8) is 0 Å². The van der Waals surface area contributed by atoms with Gasteiger partial charge >= 0.3 is 0 Å². The van der Waals surface area contributed by atoms with Gasteiger partial charge in [-0.2, -0.15) is 0 Å². The van der Waals surface area contributed by atoms with Crippen molar-refractivity contribution in [2.45, 2.75) is 37.1 Å². The third-order valence-corrected chi connectivity index (χ3v) is 4.99. The Morgan fingerprint density at radius 3 is 2.48 bits per heavy atom. The van der Waals surface area contributed by atoms with Crippen LogP contribution < -0.4 is 10.0 Å². The van der Waals surface area contributed by atoms with Crippen molar-refractivity contribution < 1.29 is 13.2 Å². The van der Waals surface area contributed by atoms with Gasteiger partial charge in [0.1, 0.15) is 0 Å². The van der Waals surface area contributed by atoms with E-state index < -0.39 is 10.0 Å². The van der Waals surface area contributed by atoms with Crippen LogP contribution in [0.4, 0.5) is 0 Å². The van der Waals surface area contributed by atoms with Crippen molar-refractivity contribution in [1.82, 2.24) is 10.0 Å². The number of benzene rings is 1. The lowest BCUT2D eigenvalue weighted by molar-refractivity contribution is 0.0784. The number of hydrogen-bond acceptors (Lipinski definition) is 4. The third-order valence-electron chi connectivity index (χ3n) is 3.55. The lowest BCUT2D eigenvalue weighted by Crippen LogP contribution is -2.48. The first-order valence-electron chi connectivity index (χ1n) is 7.20. The van der Waals surface area contributed by atoms with Gasteiger partial charge in [-0.05, 0) is 23.1 Å². The van der Waals surface area contributed by atoms with Gasteiger partial charge in [0.25, 0.3) is 0 Å². The van der Waals surface area contributed by atoms with Crippen LogP contribution in [0.2, 0.25) is 0 Å². The zero-order chi connectivity index (χ0) is 15.5. The maximum Gasteiger partial charge on any atom is 0.240 e. The molecule has 2 N–H and O–H groups in total. The highest BCUT2D eigenvalue weighted by atomic mass is 32.2. The summed E-state index contributed by atoms with van der Waals surface area (Å²) < 4.78 is 32.5. The molecule has 0 saturated carbocycles. The van der Waals surface area contributed by atoms with E-state index in [-0.39, 0.29) is 11.5 Å². The molecule has 2 rings (SSSR count). The summed E-state index contributed by atoms with van der Waals surface area (Å²) in [6.45, 7) is 8.61. The second kappa shape index (κ2) is 6.44. The number of ether oxygens (including phenoxy) is 1. The van der Waals surface area contributed by atoms with Gasteiger partial charge in [-0.3, -0.25) is 0 Å². The molecule has 1 fully saturated rings. The van der Waals surface area contributed by atoms with Crippen molar-refractivity contribution in [2.75, 3.05) is 26.3 Å². The van der Waals surface area contributed by atoms with Gasteiger partial charge in [-0.15, -0.1) is 0 Å². The van der Waals surface area contributed by atoms with Gasteiger partial charge in [0.15, 0.2) is 0 Å². The van der Waals surface area contributed by atoms with Crippen LogP contribution >= 0.6 is 0 Å². The molecule has 118 valence electrons. The van der Waals surface area contributed by atoms with Crippen LogP contribution in [-0.2, 0) is 20.2 Å². The molecule has 21 heavy (non-hydrogen) atoms. The molecule has 0 radical (unpaired) electrons. The fourth-order valence-electron chi connectivity index (χ4n) is 2.18. The van der Waals surface area contributed by atoms with Crippen molar-refractivity contribution in [3.05, 3.63) is 29.8 Å². The van der Waals surface area contributed by atoms with Gasteiger partial charge in [0.2, 0.25) is 10.0 Å². The summed E-state index contributed by atoms with van der Waals surface area (Å²) in [5.74, 6) is 0. The van der Waals surface area contributed by atoms with Crippen LogP contribution in [0.3, 0.4) is 0 Å². The molecule has 1 aromatic carbocycles. The van der Waals surface area contributed by atoms with Gasteiger partial charge in [0, 0.05) is 19.1 Å². The largest absolute Gasteiger partial charge is 0.378 e. The van der Waals surface area contributed by atoms with Crippen LogP contribution in [0.5, 0.6) is 0 Å². The summed E-state index contributed by atoms with van der Waals surface area (Å²) in [6.07, 6.45) is 0. The van der Waals surface area contributed by atoms with Crippen LogP contribution in [-0.4, -0.2) is 40.8 Å². The Morgan fingerprint density at radius 1 is 1.29 bits per heavy atom. The second-order valence-corrected chi connectivity index (χ2v) is 8.12. The highest BCUT2D eigenvalue weighted by molar-refractivity contribution is 7.89. The monoisotopic (exact) mass is 312 g/mol. The summed E-state index contributed by atoms with van der Waals surface area (Å²) in [7, 11) is -3.47. The summed E-state index contributed by atoms with van der Waals surface area (Å²) in [4.78, 5) is 0.298. The Morgan fingerprint density at radius 2 is 1.95 bits per heavy atom. The lowest BCUT2D eigenvalue weighted by atomic mass is 9.87. The number of sulfonamides is 1. The molecular weight excluding hydrogens is 288 g/mol. The van der Waals surface area contributed by atoms with Crippen LogP contribution in [0.15, 0.2) is 29.2 Å². The molecule has 0 bridgehead atoms. The molecule has 1 aliphatic rings. The van der Waals surface area contributed by atoms with E-state index >= 15 is 0 Å². The molecule has 1 heterocycles. The Bertz CT molecular complexity index is 556. The number of morpholine rings is 1. The average molecular weight is 312 g/mol. The van der Waals surface area contributed by atoms with Gasteiger partial charge < -0.3 is 10.1 Å². The Balaban J connectivity index is 2.01. The summed E-state index contributed by atoms with van der Waals surface area (Å²) in [5.41, 5.74) is 1.13. The zero-order valence-corrected chi connectivity index (χ0v) is 13.7. The molecule has 1 saturated heterocycles. The quantitative estimate of drug-likeness (QED) is 0.878. The Kier molecular flexibility index (Phi) is 5.03. The predicted octanol–water partition coefficient (Wildman–Crippen LogP) is 1.25. The molecule has 1 aromatic rings. The fourth-order valence-corrected chi connectivity index (χ4v) is 3.26. The molecule has 0 spiro atoms.